The summed E-state index contributed by atoms with van der Waals surface area (Å²) in [6, 6.07) is -0.957. The summed E-state index contributed by atoms with van der Waals surface area (Å²) in [4.78, 5) is 22.5. The molecule has 0 aromatic heterocycles. The number of carbonyl (C=O) groups excluding carboxylic acids is 1. The minimum atomic E-state index is -1.09. The van der Waals surface area contributed by atoms with E-state index in [0.29, 0.717) is 6.42 Å². The quantitative estimate of drug-likeness (QED) is 0.560. The summed E-state index contributed by atoms with van der Waals surface area (Å²) in [7, 11) is 1.47. The average Bonchev–Trinajstić information content (AvgIpc) is 2.23. The monoisotopic (exact) mass is 232 g/mol. The number of nitrogens with two attached hydrogens (primary N) is 1. The summed E-state index contributed by atoms with van der Waals surface area (Å²) in [5.41, 5.74) is 4.66. The molecule has 0 radical (unpaired) electrons. The molecule has 0 aromatic rings. The molecule has 1 amide bonds. The Balaban J connectivity index is 4.40. The fourth-order valence-electron chi connectivity index (χ4n) is 0.977. The predicted molar refractivity (Wildman–Crippen MR) is 58.9 cm³/mol. The second-order valence-electron chi connectivity index (χ2n) is 3.92. The van der Waals surface area contributed by atoms with Crippen LogP contribution in [-0.2, 0) is 14.3 Å². The molecule has 0 rings (SSSR count). The second-order valence-corrected chi connectivity index (χ2v) is 3.92. The molecule has 4 N–H and O–H groups in total. The Labute approximate surface area is 95.1 Å². The molecule has 0 fully saturated rings. The third-order valence-electron chi connectivity index (χ3n) is 2.47. The van der Waals surface area contributed by atoms with Crippen LogP contribution in [0.5, 0.6) is 0 Å². The molecule has 94 valence electrons. The fourth-order valence-corrected chi connectivity index (χ4v) is 0.977. The highest BCUT2D eigenvalue weighted by molar-refractivity contribution is 5.89. The van der Waals surface area contributed by atoms with Crippen LogP contribution in [-0.4, -0.2) is 42.3 Å². The molecule has 2 atom stereocenters. The van der Waals surface area contributed by atoms with Gasteiger partial charge in [0.1, 0.15) is 6.04 Å². The van der Waals surface area contributed by atoms with E-state index in [1.54, 1.807) is 13.8 Å². The van der Waals surface area contributed by atoms with E-state index in [4.69, 9.17) is 15.6 Å². The summed E-state index contributed by atoms with van der Waals surface area (Å²) >= 11 is 0. The van der Waals surface area contributed by atoms with E-state index >= 15 is 0 Å². The number of hydrogen-bond donors (Lipinski definition) is 3. The maximum Gasteiger partial charge on any atom is 0.326 e. The van der Waals surface area contributed by atoms with Crippen molar-refractivity contribution in [1.29, 1.82) is 0 Å². The maximum absolute atomic E-state index is 11.6. The summed E-state index contributed by atoms with van der Waals surface area (Å²) in [6.07, 6.45) is 0.660. The first-order valence-corrected chi connectivity index (χ1v) is 5.16. The van der Waals surface area contributed by atoms with Crippen LogP contribution < -0.4 is 11.1 Å². The number of hydrogen-bond acceptors (Lipinski definition) is 4. The minimum Gasteiger partial charge on any atom is -0.480 e. The zero-order valence-electron chi connectivity index (χ0n) is 9.95. The first kappa shape index (κ1) is 14.9. The predicted octanol–water partition coefficient (Wildman–Crippen LogP) is -0.280. The van der Waals surface area contributed by atoms with Crippen LogP contribution in [0.4, 0.5) is 0 Å². The molecule has 0 bridgehead atoms. The second kappa shape index (κ2) is 6.44. The van der Waals surface area contributed by atoms with Crippen LogP contribution in [0, 0.1) is 0 Å². The molecule has 0 spiro atoms. The van der Waals surface area contributed by atoms with Gasteiger partial charge in [-0.15, -0.1) is 0 Å². The van der Waals surface area contributed by atoms with Crippen LogP contribution in [0.3, 0.4) is 0 Å². The molecule has 0 aliphatic heterocycles. The van der Waals surface area contributed by atoms with E-state index in [-0.39, 0.29) is 13.0 Å². The molecule has 0 aliphatic rings. The van der Waals surface area contributed by atoms with Gasteiger partial charge in [0.2, 0.25) is 5.91 Å². The van der Waals surface area contributed by atoms with Crippen molar-refractivity contribution in [3.05, 3.63) is 0 Å². The summed E-state index contributed by atoms with van der Waals surface area (Å²) in [5, 5.41) is 11.3. The van der Waals surface area contributed by atoms with Crippen molar-refractivity contribution in [3.63, 3.8) is 0 Å². The molecule has 0 aromatic carbocycles. The van der Waals surface area contributed by atoms with Gasteiger partial charge in [0.15, 0.2) is 0 Å². The lowest BCUT2D eigenvalue weighted by molar-refractivity contribution is -0.143. The van der Waals surface area contributed by atoms with Gasteiger partial charge in [0.25, 0.3) is 0 Å². The van der Waals surface area contributed by atoms with Gasteiger partial charge in [-0.3, -0.25) is 4.79 Å². The maximum atomic E-state index is 11.6. The highest BCUT2D eigenvalue weighted by atomic mass is 16.5. The largest absolute Gasteiger partial charge is 0.480 e. The normalized spacial score (nSPS) is 16.2. The van der Waals surface area contributed by atoms with E-state index in [9.17, 15) is 9.59 Å². The highest BCUT2D eigenvalue weighted by Gasteiger charge is 2.30. The standard InChI is InChI=1S/C10H20N2O4/c1-4-10(2,11)9(15)12-7(8(13)14)5-6-16-3/h7H,4-6,11H2,1-3H3,(H,12,15)(H,13,14). The van der Waals surface area contributed by atoms with Crippen molar-refractivity contribution >= 4 is 11.9 Å². The van der Waals surface area contributed by atoms with Crippen LogP contribution >= 0.6 is 0 Å². The summed E-state index contributed by atoms with van der Waals surface area (Å²) in [6.45, 7) is 3.60. The first-order chi connectivity index (χ1) is 7.35. The summed E-state index contributed by atoms with van der Waals surface area (Å²) in [5.74, 6) is -1.55. The van der Waals surface area contributed by atoms with Crippen molar-refractivity contribution in [2.75, 3.05) is 13.7 Å². The minimum absolute atomic E-state index is 0.220. The van der Waals surface area contributed by atoms with Crippen LogP contribution in [0.1, 0.15) is 26.7 Å². The number of aliphatic carboxylic acids is 1. The zero-order valence-corrected chi connectivity index (χ0v) is 9.95. The Bertz CT molecular complexity index is 253. The van der Waals surface area contributed by atoms with E-state index in [1.165, 1.54) is 7.11 Å². The van der Waals surface area contributed by atoms with Gasteiger partial charge < -0.3 is 20.9 Å². The van der Waals surface area contributed by atoms with Gasteiger partial charge in [-0.1, -0.05) is 6.92 Å². The van der Waals surface area contributed by atoms with E-state index in [0.717, 1.165) is 0 Å². The molecule has 6 heteroatoms. The number of nitrogens with one attached hydrogen (secondary N) is 1. The zero-order chi connectivity index (χ0) is 12.8. The SMILES string of the molecule is CCC(C)(N)C(=O)NC(CCOC)C(=O)O. The first-order valence-electron chi connectivity index (χ1n) is 5.16. The fraction of sp³-hybridized carbons (Fsp3) is 0.800. The lowest BCUT2D eigenvalue weighted by atomic mass is 9.99. The van der Waals surface area contributed by atoms with Crippen molar-refractivity contribution in [1.82, 2.24) is 5.32 Å². The van der Waals surface area contributed by atoms with Crippen molar-refractivity contribution in [2.24, 2.45) is 5.73 Å². The van der Waals surface area contributed by atoms with Crippen molar-refractivity contribution < 1.29 is 19.4 Å². The molecule has 2 unspecified atom stereocenters. The van der Waals surface area contributed by atoms with E-state index in [2.05, 4.69) is 5.32 Å². The lowest BCUT2D eigenvalue weighted by Gasteiger charge is -2.24. The van der Waals surface area contributed by atoms with Gasteiger partial charge in [-0.2, -0.15) is 0 Å². The molecular formula is C10H20N2O4. The molecule has 0 saturated heterocycles. The average molecular weight is 232 g/mol. The Morgan fingerprint density at radius 3 is 2.50 bits per heavy atom. The molecule has 0 heterocycles. The van der Waals surface area contributed by atoms with Crippen LogP contribution in [0.25, 0.3) is 0 Å². The Morgan fingerprint density at radius 2 is 2.12 bits per heavy atom. The number of amides is 1. The molecular weight excluding hydrogens is 212 g/mol. The van der Waals surface area contributed by atoms with Gasteiger partial charge >= 0.3 is 5.97 Å². The van der Waals surface area contributed by atoms with Gasteiger partial charge in [-0.25, -0.2) is 4.79 Å². The lowest BCUT2D eigenvalue weighted by Crippen LogP contribution is -2.55. The topological polar surface area (TPSA) is 102 Å². The molecule has 6 nitrogen and oxygen atoms in total. The molecule has 0 saturated carbocycles. The number of ether oxygens (including phenoxy) is 1. The van der Waals surface area contributed by atoms with E-state index < -0.39 is 23.5 Å². The number of carbonyl (C=O) groups is 2. The molecule has 0 aliphatic carbocycles. The highest BCUT2D eigenvalue weighted by Crippen LogP contribution is 2.06. The number of methoxy groups -OCH3 is 1. The number of carboxylic acid groups (broad SMARTS) is 1. The van der Waals surface area contributed by atoms with Gasteiger partial charge in [0.05, 0.1) is 5.54 Å². The van der Waals surface area contributed by atoms with Crippen molar-refractivity contribution in [3.8, 4) is 0 Å². The summed E-state index contributed by atoms with van der Waals surface area (Å²) < 4.78 is 4.77. The van der Waals surface area contributed by atoms with Crippen molar-refractivity contribution in [2.45, 2.75) is 38.3 Å². The third-order valence-corrected chi connectivity index (χ3v) is 2.47. The van der Waals surface area contributed by atoms with Crippen LogP contribution in [0.2, 0.25) is 0 Å². The Morgan fingerprint density at radius 1 is 1.56 bits per heavy atom. The Hall–Kier alpha value is -1.14. The number of carboxylic acids is 1. The van der Waals surface area contributed by atoms with Gasteiger partial charge in [-0.05, 0) is 13.3 Å². The number of rotatable bonds is 7. The molecule has 16 heavy (non-hydrogen) atoms. The smallest absolute Gasteiger partial charge is 0.326 e. The third kappa shape index (κ3) is 4.59. The van der Waals surface area contributed by atoms with E-state index in [1.807, 2.05) is 0 Å². The Kier molecular flexibility index (Phi) is 5.98. The van der Waals surface area contributed by atoms with Crippen LogP contribution in [0.15, 0.2) is 0 Å². The van der Waals surface area contributed by atoms with Gasteiger partial charge in [0, 0.05) is 20.1 Å².